The number of aryl methyl sites for hydroxylation is 1. The smallest absolute Gasteiger partial charge is 0.255 e. The van der Waals surface area contributed by atoms with Crippen LogP contribution in [0.15, 0.2) is 48.5 Å². The van der Waals surface area contributed by atoms with Gasteiger partial charge in [0.25, 0.3) is 5.91 Å². The molecule has 19 heavy (non-hydrogen) atoms. The van der Waals surface area contributed by atoms with E-state index in [1.54, 1.807) is 0 Å². The highest BCUT2D eigenvalue weighted by Gasteiger charge is 2.06. The number of amides is 1. The van der Waals surface area contributed by atoms with Gasteiger partial charge in [-0.2, -0.15) is 0 Å². The molecule has 0 unspecified atom stereocenters. The lowest BCUT2D eigenvalue weighted by molar-refractivity contribution is 0.102. The second-order valence-electron chi connectivity index (χ2n) is 4.38. The van der Waals surface area contributed by atoms with E-state index in [9.17, 15) is 4.79 Å². The Balaban J connectivity index is 2.10. The van der Waals surface area contributed by atoms with Crippen molar-refractivity contribution in [2.45, 2.75) is 13.8 Å². The Kier molecular flexibility index (Phi) is 4.18. The Morgan fingerprint density at radius 2 is 1.74 bits per heavy atom. The second-order valence-corrected chi connectivity index (χ2v) is 4.38. The Morgan fingerprint density at radius 3 is 2.37 bits per heavy atom. The molecule has 3 heteroatoms. The first kappa shape index (κ1) is 13.1. The maximum Gasteiger partial charge on any atom is 0.255 e. The minimum atomic E-state index is -0.0858. The van der Waals surface area contributed by atoms with Crippen LogP contribution in [0.2, 0.25) is 0 Å². The molecule has 0 aromatic heterocycles. The number of anilines is 2. The number of carbonyl (C=O) groups excluding carboxylic acids is 1. The van der Waals surface area contributed by atoms with Crippen LogP contribution in [0.1, 0.15) is 22.8 Å². The summed E-state index contributed by atoms with van der Waals surface area (Å²) in [5.41, 5.74) is 3.59. The molecule has 3 nitrogen and oxygen atoms in total. The van der Waals surface area contributed by atoms with E-state index in [0.717, 1.165) is 23.5 Å². The van der Waals surface area contributed by atoms with Gasteiger partial charge in [0, 0.05) is 23.5 Å². The normalized spacial score (nSPS) is 10.0. The maximum absolute atomic E-state index is 12.1. The molecule has 0 saturated carbocycles. The molecule has 2 aromatic carbocycles. The molecule has 0 aliphatic carbocycles. The SMILES string of the molecule is CCNc1ccc(C(=O)Nc2ccccc2C)cc1. The van der Waals surface area contributed by atoms with Gasteiger partial charge in [0.2, 0.25) is 0 Å². The van der Waals surface area contributed by atoms with Gasteiger partial charge < -0.3 is 10.6 Å². The molecule has 0 atom stereocenters. The van der Waals surface area contributed by atoms with Gasteiger partial charge in [0.15, 0.2) is 0 Å². The number of nitrogens with one attached hydrogen (secondary N) is 2. The highest BCUT2D eigenvalue weighted by atomic mass is 16.1. The summed E-state index contributed by atoms with van der Waals surface area (Å²) in [5.74, 6) is -0.0858. The first-order chi connectivity index (χ1) is 9.20. The van der Waals surface area contributed by atoms with Crippen molar-refractivity contribution >= 4 is 17.3 Å². The number of benzene rings is 2. The zero-order valence-electron chi connectivity index (χ0n) is 11.2. The molecule has 0 aliphatic rings. The van der Waals surface area contributed by atoms with Gasteiger partial charge in [-0.05, 0) is 49.7 Å². The lowest BCUT2D eigenvalue weighted by atomic mass is 10.1. The second kappa shape index (κ2) is 6.05. The van der Waals surface area contributed by atoms with E-state index in [-0.39, 0.29) is 5.91 Å². The van der Waals surface area contributed by atoms with Crippen LogP contribution in [0.5, 0.6) is 0 Å². The third-order valence-corrected chi connectivity index (χ3v) is 2.92. The molecule has 2 N–H and O–H groups in total. The molecule has 0 aliphatic heterocycles. The summed E-state index contributed by atoms with van der Waals surface area (Å²) in [6.07, 6.45) is 0. The van der Waals surface area contributed by atoms with E-state index >= 15 is 0 Å². The first-order valence-electron chi connectivity index (χ1n) is 6.41. The Morgan fingerprint density at radius 1 is 1.05 bits per heavy atom. The van der Waals surface area contributed by atoms with Crippen molar-refractivity contribution in [3.8, 4) is 0 Å². The Hall–Kier alpha value is -2.29. The maximum atomic E-state index is 12.1. The van der Waals surface area contributed by atoms with Crippen LogP contribution < -0.4 is 10.6 Å². The van der Waals surface area contributed by atoms with E-state index in [0.29, 0.717) is 5.56 Å². The zero-order chi connectivity index (χ0) is 13.7. The summed E-state index contributed by atoms with van der Waals surface area (Å²) >= 11 is 0. The first-order valence-corrected chi connectivity index (χ1v) is 6.41. The lowest BCUT2D eigenvalue weighted by Crippen LogP contribution is -2.12. The molecule has 0 fully saturated rings. The molecular weight excluding hydrogens is 236 g/mol. The summed E-state index contributed by atoms with van der Waals surface area (Å²) in [6.45, 7) is 4.89. The minimum Gasteiger partial charge on any atom is -0.385 e. The van der Waals surface area contributed by atoms with Crippen LogP contribution in [0.4, 0.5) is 11.4 Å². The number of carbonyl (C=O) groups is 1. The number of para-hydroxylation sites is 1. The molecule has 1 amide bonds. The summed E-state index contributed by atoms with van der Waals surface area (Å²) in [4.78, 5) is 12.1. The number of rotatable bonds is 4. The van der Waals surface area contributed by atoms with Crippen molar-refractivity contribution in [2.24, 2.45) is 0 Å². The quantitative estimate of drug-likeness (QED) is 0.873. The summed E-state index contributed by atoms with van der Waals surface area (Å²) < 4.78 is 0. The van der Waals surface area contributed by atoms with Gasteiger partial charge in [-0.15, -0.1) is 0 Å². The van der Waals surface area contributed by atoms with Crippen LogP contribution in [0.25, 0.3) is 0 Å². The Labute approximate surface area is 113 Å². The van der Waals surface area contributed by atoms with Gasteiger partial charge in [-0.25, -0.2) is 0 Å². The van der Waals surface area contributed by atoms with Crippen LogP contribution in [-0.4, -0.2) is 12.5 Å². The summed E-state index contributed by atoms with van der Waals surface area (Å²) in [6, 6.07) is 15.2. The topological polar surface area (TPSA) is 41.1 Å². The van der Waals surface area contributed by atoms with Crippen LogP contribution in [0, 0.1) is 6.92 Å². The van der Waals surface area contributed by atoms with E-state index in [1.807, 2.05) is 62.4 Å². The van der Waals surface area contributed by atoms with Crippen LogP contribution in [-0.2, 0) is 0 Å². The van der Waals surface area contributed by atoms with Crippen molar-refractivity contribution < 1.29 is 4.79 Å². The van der Waals surface area contributed by atoms with E-state index in [1.165, 1.54) is 0 Å². The predicted molar refractivity (Wildman–Crippen MR) is 79.7 cm³/mol. The molecule has 0 saturated heterocycles. The van der Waals surface area contributed by atoms with E-state index in [4.69, 9.17) is 0 Å². The fourth-order valence-corrected chi connectivity index (χ4v) is 1.85. The molecule has 0 spiro atoms. The molecule has 0 bridgehead atoms. The fraction of sp³-hybridized carbons (Fsp3) is 0.188. The van der Waals surface area contributed by atoms with Crippen molar-refractivity contribution in [2.75, 3.05) is 17.2 Å². The van der Waals surface area contributed by atoms with Crippen molar-refractivity contribution in [1.29, 1.82) is 0 Å². The van der Waals surface area contributed by atoms with Crippen molar-refractivity contribution in [1.82, 2.24) is 0 Å². The third-order valence-electron chi connectivity index (χ3n) is 2.92. The predicted octanol–water partition coefficient (Wildman–Crippen LogP) is 3.68. The molecule has 2 rings (SSSR count). The standard InChI is InChI=1S/C16H18N2O/c1-3-17-14-10-8-13(9-11-14)16(19)18-15-7-5-4-6-12(15)2/h4-11,17H,3H2,1-2H3,(H,18,19). The van der Waals surface area contributed by atoms with Gasteiger partial charge in [0.05, 0.1) is 0 Å². The third kappa shape index (κ3) is 3.35. The molecule has 0 radical (unpaired) electrons. The highest BCUT2D eigenvalue weighted by Crippen LogP contribution is 2.15. The van der Waals surface area contributed by atoms with Gasteiger partial charge in [0.1, 0.15) is 0 Å². The van der Waals surface area contributed by atoms with Gasteiger partial charge in [-0.1, -0.05) is 18.2 Å². The summed E-state index contributed by atoms with van der Waals surface area (Å²) in [7, 11) is 0. The zero-order valence-corrected chi connectivity index (χ0v) is 11.2. The summed E-state index contributed by atoms with van der Waals surface area (Å²) in [5, 5.41) is 6.12. The molecule has 2 aromatic rings. The fourth-order valence-electron chi connectivity index (χ4n) is 1.85. The van der Waals surface area contributed by atoms with Crippen LogP contribution in [0.3, 0.4) is 0 Å². The molecular formula is C16H18N2O. The lowest BCUT2D eigenvalue weighted by Gasteiger charge is -2.09. The van der Waals surface area contributed by atoms with E-state index < -0.39 is 0 Å². The number of hydrogen-bond donors (Lipinski definition) is 2. The Bertz CT molecular complexity index is 561. The van der Waals surface area contributed by atoms with Gasteiger partial charge in [-0.3, -0.25) is 4.79 Å². The molecule has 0 heterocycles. The molecule has 98 valence electrons. The largest absolute Gasteiger partial charge is 0.385 e. The average molecular weight is 254 g/mol. The number of hydrogen-bond acceptors (Lipinski definition) is 2. The van der Waals surface area contributed by atoms with Gasteiger partial charge >= 0.3 is 0 Å². The monoisotopic (exact) mass is 254 g/mol. The van der Waals surface area contributed by atoms with Crippen molar-refractivity contribution in [3.05, 3.63) is 59.7 Å². The van der Waals surface area contributed by atoms with Crippen LogP contribution >= 0.6 is 0 Å². The average Bonchev–Trinajstić information content (AvgIpc) is 2.42. The van der Waals surface area contributed by atoms with Crippen molar-refractivity contribution in [3.63, 3.8) is 0 Å². The minimum absolute atomic E-state index is 0.0858. The highest BCUT2D eigenvalue weighted by molar-refractivity contribution is 6.04. The van der Waals surface area contributed by atoms with E-state index in [2.05, 4.69) is 10.6 Å².